The van der Waals surface area contributed by atoms with Gasteiger partial charge in [-0.15, -0.1) is 0 Å². The van der Waals surface area contributed by atoms with Crippen molar-refractivity contribution in [3.63, 3.8) is 0 Å². The van der Waals surface area contributed by atoms with E-state index in [-0.39, 0.29) is 11.6 Å². The second-order valence-electron chi connectivity index (χ2n) is 6.73. The van der Waals surface area contributed by atoms with Gasteiger partial charge in [0.2, 0.25) is 0 Å². The molecule has 0 bridgehead atoms. The Balaban J connectivity index is 1.53. The standard InChI is InChI=1S/C21H19N3O5/c25-21-20(3-1-2-11-23-21)29-15-6-4-14(5-7-15)28-19-9-8-18(24(26)27)17-13-22-12-10-16(17)19/h4-10,12-13,20H,1-3,11H2,(H,23,25). The number of hydrogen-bond acceptors (Lipinski definition) is 6. The van der Waals surface area contributed by atoms with Gasteiger partial charge in [-0.3, -0.25) is 19.9 Å². The minimum Gasteiger partial charge on any atom is -0.481 e. The highest BCUT2D eigenvalue weighted by atomic mass is 16.6. The van der Waals surface area contributed by atoms with Crippen LogP contribution in [-0.4, -0.2) is 28.5 Å². The SMILES string of the molecule is O=C1NCCCCC1Oc1ccc(Oc2ccc([N+](=O)[O-])c3cnccc23)cc1. The Morgan fingerprint density at radius 3 is 2.62 bits per heavy atom. The molecule has 0 spiro atoms. The van der Waals surface area contributed by atoms with Crippen LogP contribution in [-0.2, 0) is 4.79 Å². The molecule has 2 heterocycles. The van der Waals surface area contributed by atoms with E-state index in [2.05, 4.69) is 10.3 Å². The summed E-state index contributed by atoms with van der Waals surface area (Å²) in [7, 11) is 0. The molecule has 0 saturated carbocycles. The first-order valence-electron chi connectivity index (χ1n) is 9.35. The van der Waals surface area contributed by atoms with Crippen molar-refractivity contribution in [3.05, 3.63) is 65.0 Å². The molecule has 1 unspecified atom stereocenters. The number of nitrogens with one attached hydrogen (secondary N) is 1. The number of nitro groups is 1. The Labute approximate surface area is 166 Å². The zero-order valence-electron chi connectivity index (χ0n) is 15.5. The third-order valence-corrected chi connectivity index (χ3v) is 4.77. The molecule has 1 atom stereocenters. The minimum atomic E-state index is -0.490. The van der Waals surface area contributed by atoms with Gasteiger partial charge in [0.05, 0.1) is 10.3 Å². The molecule has 1 aliphatic heterocycles. The Hall–Kier alpha value is -3.68. The van der Waals surface area contributed by atoms with Gasteiger partial charge in [0.1, 0.15) is 17.2 Å². The van der Waals surface area contributed by atoms with Gasteiger partial charge in [-0.25, -0.2) is 0 Å². The first kappa shape index (κ1) is 18.7. The fraction of sp³-hybridized carbons (Fsp3) is 0.238. The molecule has 1 fully saturated rings. The second-order valence-corrected chi connectivity index (χ2v) is 6.73. The van der Waals surface area contributed by atoms with Gasteiger partial charge in [-0.1, -0.05) is 0 Å². The molecule has 3 aromatic rings. The maximum Gasteiger partial charge on any atom is 0.279 e. The summed E-state index contributed by atoms with van der Waals surface area (Å²) >= 11 is 0. The summed E-state index contributed by atoms with van der Waals surface area (Å²) in [6.45, 7) is 0.685. The zero-order chi connectivity index (χ0) is 20.2. The molecule has 1 amide bonds. The van der Waals surface area contributed by atoms with Crippen molar-refractivity contribution in [1.29, 1.82) is 0 Å². The minimum absolute atomic E-state index is 0.0223. The number of aromatic nitrogens is 1. The van der Waals surface area contributed by atoms with E-state index in [1.54, 1.807) is 42.6 Å². The molecule has 1 N–H and O–H groups in total. The number of carbonyl (C=O) groups is 1. The summed E-state index contributed by atoms with van der Waals surface area (Å²) in [4.78, 5) is 26.8. The number of amides is 1. The molecule has 0 aliphatic carbocycles. The molecule has 1 aliphatic rings. The molecular weight excluding hydrogens is 374 g/mol. The third-order valence-electron chi connectivity index (χ3n) is 4.77. The maximum atomic E-state index is 12.0. The summed E-state index contributed by atoms with van der Waals surface area (Å²) in [5.41, 5.74) is -0.0223. The molecular formula is C21H19N3O5. The molecule has 2 aromatic carbocycles. The Morgan fingerprint density at radius 2 is 1.83 bits per heavy atom. The predicted molar refractivity (Wildman–Crippen MR) is 106 cm³/mol. The van der Waals surface area contributed by atoms with Crippen LogP contribution in [0.2, 0.25) is 0 Å². The summed E-state index contributed by atoms with van der Waals surface area (Å²) in [5, 5.41) is 15.1. The van der Waals surface area contributed by atoms with Crippen LogP contribution in [0.25, 0.3) is 10.8 Å². The van der Waals surface area contributed by atoms with E-state index in [4.69, 9.17) is 9.47 Å². The van der Waals surface area contributed by atoms with Crippen molar-refractivity contribution in [2.24, 2.45) is 0 Å². The molecule has 29 heavy (non-hydrogen) atoms. The number of hydrogen-bond donors (Lipinski definition) is 1. The van der Waals surface area contributed by atoms with Crippen LogP contribution in [0.15, 0.2) is 54.9 Å². The molecule has 148 valence electrons. The smallest absolute Gasteiger partial charge is 0.279 e. The fourth-order valence-corrected chi connectivity index (χ4v) is 3.30. The van der Waals surface area contributed by atoms with Crippen molar-refractivity contribution in [1.82, 2.24) is 10.3 Å². The van der Waals surface area contributed by atoms with Crippen LogP contribution < -0.4 is 14.8 Å². The lowest BCUT2D eigenvalue weighted by Gasteiger charge is -2.16. The lowest BCUT2D eigenvalue weighted by Crippen LogP contribution is -2.36. The lowest BCUT2D eigenvalue weighted by atomic mass is 10.1. The summed E-state index contributed by atoms with van der Waals surface area (Å²) < 4.78 is 11.7. The van der Waals surface area contributed by atoms with Crippen LogP contribution in [0.3, 0.4) is 0 Å². The van der Waals surface area contributed by atoms with Crippen LogP contribution in [0.5, 0.6) is 17.2 Å². The number of fused-ring (bicyclic) bond motifs is 1. The first-order chi connectivity index (χ1) is 14.1. The van der Waals surface area contributed by atoms with Crippen molar-refractivity contribution in [2.75, 3.05) is 6.54 Å². The summed E-state index contributed by atoms with van der Waals surface area (Å²) in [6.07, 6.45) is 5.11. The highest BCUT2D eigenvalue weighted by Crippen LogP contribution is 2.35. The number of benzene rings is 2. The van der Waals surface area contributed by atoms with Gasteiger partial charge in [0, 0.05) is 30.4 Å². The van der Waals surface area contributed by atoms with Gasteiger partial charge < -0.3 is 14.8 Å². The number of rotatable bonds is 5. The summed E-state index contributed by atoms with van der Waals surface area (Å²) in [5.74, 6) is 1.53. The number of ether oxygens (including phenoxy) is 2. The highest BCUT2D eigenvalue weighted by Gasteiger charge is 2.22. The third kappa shape index (κ3) is 4.11. The van der Waals surface area contributed by atoms with Crippen LogP contribution in [0, 0.1) is 10.1 Å². The first-order valence-corrected chi connectivity index (χ1v) is 9.35. The van der Waals surface area contributed by atoms with E-state index in [0.717, 1.165) is 12.8 Å². The topological polar surface area (TPSA) is 104 Å². The number of carbonyl (C=O) groups excluding carboxylic acids is 1. The fourth-order valence-electron chi connectivity index (χ4n) is 3.30. The molecule has 4 rings (SSSR count). The van der Waals surface area contributed by atoms with Crippen LogP contribution in [0.4, 0.5) is 5.69 Å². The lowest BCUT2D eigenvalue weighted by molar-refractivity contribution is -0.383. The zero-order valence-corrected chi connectivity index (χ0v) is 15.5. The van der Waals surface area contributed by atoms with E-state index in [0.29, 0.717) is 41.0 Å². The quantitative estimate of drug-likeness (QED) is 0.519. The van der Waals surface area contributed by atoms with E-state index in [1.165, 1.54) is 12.3 Å². The van der Waals surface area contributed by atoms with Crippen molar-refractivity contribution >= 4 is 22.4 Å². The summed E-state index contributed by atoms with van der Waals surface area (Å²) in [6, 6.07) is 11.6. The van der Waals surface area contributed by atoms with Crippen molar-refractivity contribution in [3.8, 4) is 17.2 Å². The van der Waals surface area contributed by atoms with E-state index < -0.39 is 11.0 Å². The number of nitrogens with zero attached hydrogens (tertiary/aromatic N) is 2. The van der Waals surface area contributed by atoms with Gasteiger partial charge in [-0.05, 0) is 55.7 Å². The molecule has 8 nitrogen and oxygen atoms in total. The van der Waals surface area contributed by atoms with Crippen molar-refractivity contribution < 1.29 is 19.2 Å². The van der Waals surface area contributed by atoms with Crippen LogP contribution in [0.1, 0.15) is 19.3 Å². The predicted octanol–water partition coefficient (Wildman–Crippen LogP) is 3.98. The Bertz CT molecular complexity index is 1050. The van der Waals surface area contributed by atoms with Crippen LogP contribution >= 0.6 is 0 Å². The van der Waals surface area contributed by atoms with Crippen molar-refractivity contribution in [2.45, 2.75) is 25.4 Å². The Morgan fingerprint density at radius 1 is 1.03 bits per heavy atom. The Kier molecular flexibility index (Phi) is 5.24. The average molecular weight is 393 g/mol. The molecule has 1 aromatic heterocycles. The average Bonchev–Trinajstić information content (AvgIpc) is 2.93. The van der Waals surface area contributed by atoms with Gasteiger partial charge in [-0.2, -0.15) is 0 Å². The van der Waals surface area contributed by atoms with E-state index in [9.17, 15) is 14.9 Å². The largest absolute Gasteiger partial charge is 0.481 e. The van der Waals surface area contributed by atoms with E-state index >= 15 is 0 Å². The highest BCUT2D eigenvalue weighted by molar-refractivity contribution is 5.94. The van der Waals surface area contributed by atoms with Gasteiger partial charge in [0.25, 0.3) is 11.6 Å². The van der Waals surface area contributed by atoms with E-state index in [1.807, 2.05) is 0 Å². The normalized spacial score (nSPS) is 16.7. The number of non-ortho nitro benzene ring substituents is 1. The monoisotopic (exact) mass is 393 g/mol. The number of nitro benzene ring substituents is 1. The maximum absolute atomic E-state index is 12.0. The van der Waals surface area contributed by atoms with Gasteiger partial charge in [0.15, 0.2) is 6.10 Å². The molecule has 8 heteroatoms. The molecule has 1 saturated heterocycles. The van der Waals surface area contributed by atoms with Gasteiger partial charge >= 0.3 is 0 Å². The number of pyridine rings is 1. The second kappa shape index (κ2) is 8.14. The molecule has 0 radical (unpaired) electrons.